The minimum atomic E-state index is -1.01. The summed E-state index contributed by atoms with van der Waals surface area (Å²) in [5, 5.41) is 8.60. The number of aromatic amines is 1. The van der Waals surface area contributed by atoms with Crippen LogP contribution in [0.2, 0.25) is 0 Å². The quantitative estimate of drug-likeness (QED) is 0.826. The second-order valence-corrected chi connectivity index (χ2v) is 3.97. The van der Waals surface area contributed by atoms with E-state index in [9.17, 15) is 4.79 Å². The number of benzene rings is 1. The molecule has 98 valence electrons. The van der Waals surface area contributed by atoms with Gasteiger partial charge in [-0.15, -0.1) is 0 Å². The largest absolute Gasteiger partial charge is 0.496 e. The number of nitrogens with zero attached hydrogens (tertiary/aromatic N) is 1. The molecule has 5 heteroatoms. The van der Waals surface area contributed by atoms with Crippen molar-refractivity contribution in [3.05, 3.63) is 41.9 Å². The van der Waals surface area contributed by atoms with Crippen molar-refractivity contribution in [2.24, 2.45) is 0 Å². The Balaban J connectivity index is 2.43. The van der Waals surface area contributed by atoms with E-state index in [4.69, 9.17) is 9.84 Å². The lowest BCUT2D eigenvalue weighted by Gasteiger charge is -2.05. The second-order valence-electron chi connectivity index (χ2n) is 3.97. The average molecular weight is 258 g/mol. The van der Waals surface area contributed by atoms with Gasteiger partial charge in [-0.05, 0) is 25.1 Å². The SMILES string of the molecule is COc1ccccc1-c1nc(/C=C/C(=O)O)[nH]c1C. The zero-order valence-corrected chi connectivity index (χ0v) is 10.7. The fourth-order valence-electron chi connectivity index (χ4n) is 1.82. The van der Waals surface area contributed by atoms with Crippen molar-refractivity contribution in [3.8, 4) is 17.0 Å². The number of carbonyl (C=O) groups is 1. The van der Waals surface area contributed by atoms with Crippen LogP contribution in [-0.4, -0.2) is 28.2 Å². The highest BCUT2D eigenvalue weighted by Gasteiger charge is 2.11. The summed E-state index contributed by atoms with van der Waals surface area (Å²) in [7, 11) is 1.60. The molecular weight excluding hydrogens is 244 g/mol. The Kier molecular flexibility index (Phi) is 3.66. The Labute approximate surface area is 110 Å². The van der Waals surface area contributed by atoms with Gasteiger partial charge >= 0.3 is 5.97 Å². The lowest BCUT2D eigenvalue weighted by molar-refractivity contribution is -0.131. The minimum Gasteiger partial charge on any atom is -0.496 e. The van der Waals surface area contributed by atoms with E-state index < -0.39 is 5.97 Å². The van der Waals surface area contributed by atoms with Gasteiger partial charge < -0.3 is 14.8 Å². The first-order chi connectivity index (χ1) is 9.11. The lowest BCUT2D eigenvalue weighted by Crippen LogP contribution is -1.89. The molecule has 0 saturated heterocycles. The van der Waals surface area contributed by atoms with Crippen LogP contribution in [0.15, 0.2) is 30.3 Å². The molecule has 2 N–H and O–H groups in total. The van der Waals surface area contributed by atoms with Crippen molar-refractivity contribution in [3.63, 3.8) is 0 Å². The van der Waals surface area contributed by atoms with Gasteiger partial charge in [0.15, 0.2) is 0 Å². The van der Waals surface area contributed by atoms with Crippen LogP contribution in [0.5, 0.6) is 5.75 Å². The Morgan fingerprint density at radius 2 is 2.16 bits per heavy atom. The zero-order chi connectivity index (χ0) is 13.8. The van der Waals surface area contributed by atoms with Gasteiger partial charge in [-0.3, -0.25) is 0 Å². The third kappa shape index (κ3) is 2.82. The van der Waals surface area contributed by atoms with E-state index in [0.717, 1.165) is 28.8 Å². The van der Waals surface area contributed by atoms with Crippen molar-refractivity contribution >= 4 is 12.0 Å². The van der Waals surface area contributed by atoms with Crippen LogP contribution in [0.3, 0.4) is 0 Å². The molecule has 2 rings (SSSR count). The first-order valence-corrected chi connectivity index (χ1v) is 5.73. The zero-order valence-electron chi connectivity index (χ0n) is 10.7. The van der Waals surface area contributed by atoms with Gasteiger partial charge in [-0.25, -0.2) is 9.78 Å². The molecule has 0 saturated carbocycles. The number of nitrogens with one attached hydrogen (secondary N) is 1. The Morgan fingerprint density at radius 1 is 1.42 bits per heavy atom. The molecule has 1 aromatic heterocycles. The molecule has 1 aromatic carbocycles. The highest BCUT2D eigenvalue weighted by atomic mass is 16.5. The van der Waals surface area contributed by atoms with Crippen LogP contribution >= 0.6 is 0 Å². The molecule has 0 aliphatic rings. The number of hydrogen-bond acceptors (Lipinski definition) is 3. The smallest absolute Gasteiger partial charge is 0.328 e. The van der Waals surface area contributed by atoms with Crippen LogP contribution in [0.1, 0.15) is 11.5 Å². The number of aromatic nitrogens is 2. The lowest BCUT2D eigenvalue weighted by atomic mass is 10.1. The van der Waals surface area contributed by atoms with E-state index in [0.29, 0.717) is 5.82 Å². The maximum atomic E-state index is 10.5. The molecule has 0 amide bonds. The highest BCUT2D eigenvalue weighted by molar-refractivity contribution is 5.84. The van der Waals surface area contributed by atoms with E-state index in [1.807, 2.05) is 31.2 Å². The van der Waals surface area contributed by atoms with Gasteiger partial charge in [-0.1, -0.05) is 12.1 Å². The fourth-order valence-corrected chi connectivity index (χ4v) is 1.82. The molecule has 0 fully saturated rings. The maximum Gasteiger partial charge on any atom is 0.328 e. The fraction of sp³-hybridized carbons (Fsp3) is 0.143. The van der Waals surface area contributed by atoms with Crippen molar-refractivity contribution in [1.29, 1.82) is 0 Å². The standard InChI is InChI=1S/C14H14N2O3/c1-9-14(10-5-3-4-6-11(10)19-2)16-12(15-9)7-8-13(17)18/h3-8H,1-2H3,(H,15,16)(H,17,18)/b8-7+. The van der Waals surface area contributed by atoms with Gasteiger partial charge in [0.25, 0.3) is 0 Å². The molecule has 0 spiro atoms. The molecule has 0 aliphatic carbocycles. The molecular formula is C14H14N2O3. The van der Waals surface area contributed by atoms with E-state index in [-0.39, 0.29) is 0 Å². The molecule has 0 unspecified atom stereocenters. The van der Waals surface area contributed by atoms with E-state index >= 15 is 0 Å². The summed E-state index contributed by atoms with van der Waals surface area (Å²) in [6, 6.07) is 7.55. The molecule has 0 atom stereocenters. The first-order valence-electron chi connectivity index (χ1n) is 5.73. The number of carboxylic acid groups (broad SMARTS) is 1. The Bertz CT molecular complexity index is 629. The molecule has 1 heterocycles. The van der Waals surface area contributed by atoms with Gasteiger partial charge in [0.05, 0.1) is 12.8 Å². The summed E-state index contributed by atoms with van der Waals surface area (Å²) in [4.78, 5) is 17.9. The van der Waals surface area contributed by atoms with E-state index in [1.165, 1.54) is 6.08 Å². The van der Waals surface area contributed by atoms with E-state index in [1.54, 1.807) is 7.11 Å². The van der Waals surface area contributed by atoms with Gasteiger partial charge in [-0.2, -0.15) is 0 Å². The number of aryl methyl sites for hydroxylation is 1. The van der Waals surface area contributed by atoms with E-state index in [2.05, 4.69) is 9.97 Å². The van der Waals surface area contributed by atoms with Crippen molar-refractivity contribution in [2.45, 2.75) is 6.92 Å². The molecule has 2 aromatic rings. The van der Waals surface area contributed by atoms with Crippen LogP contribution < -0.4 is 4.74 Å². The molecule has 19 heavy (non-hydrogen) atoms. The summed E-state index contributed by atoms with van der Waals surface area (Å²) >= 11 is 0. The Hall–Kier alpha value is -2.56. The number of hydrogen-bond donors (Lipinski definition) is 2. The first kappa shape index (κ1) is 12.9. The summed E-state index contributed by atoms with van der Waals surface area (Å²) in [5.41, 5.74) is 2.48. The number of H-pyrrole nitrogens is 1. The molecule has 0 aliphatic heterocycles. The van der Waals surface area contributed by atoms with Gasteiger partial charge in [0.2, 0.25) is 0 Å². The monoisotopic (exact) mass is 258 g/mol. The number of methoxy groups -OCH3 is 1. The summed E-state index contributed by atoms with van der Waals surface area (Å²) < 4.78 is 5.30. The number of aliphatic carboxylic acids is 1. The van der Waals surface area contributed by atoms with Gasteiger partial charge in [0.1, 0.15) is 11.6 Å². The van der Waals surface area contributed by atoms with Gasteiger partial charge in [0, 0.05) is 17.3 Å². The van der Waals surface area contributed by atoms with Crippen LogP contribution in [0, 0.1) is 6.92 Å². The van der Waals surface area contributed by atoms with Crippen LogP contribution in [0.4, 0.5) is 0 Å². The Morgan fingerprint density at radius 3 is 2.84 bits per heavy atom. The predicted octanol–water partition coefficient (Wildman–Crippen LogP) is 2.49. The number of ether oxygens (including phenoxy) is 1. The third-order valence-electron chi connectivity index (χ3n) is 2.65. The molecule has 5 nitrogen and oxygen atoms in total. The average Bonchev–Trinajstić information content (AvgIpc) is 2.77. The number of imidazole rings is 1. The van der Waals surface area contributed by atoms with Crippen LogP contribution in [0.25, 0.3) is 17.3 Å². The highest BCUT2D eigenvalue weighted by Crippen LogP contribution is 2.30. The topological polar surface area (TPSA) is 75.2 Å². The number of para-hydroxylation sites is 1. The van der Waals surface area contributed by atoms with Crippen molar-refractivity contribution < 1.29 is 14.6 Å². The third-order valence-corrected chi connectivity index (χ3v) is 2.65. The normalized spacial score (nSPS) is 10.8. The summed E-state index contributed by atoms with van der Waals surface area (Å²) in [6.07, 6.45) is 2.47. The van der Waals surface area contributed by atoms with Crippen molar-refractivity contribution in [1.82, 2.24) is 9.97 Å². The maximum absolute atomic E-state index is 10.5. The minimum absolute atomic E-state index is 0.501. The summed E-state index contributed by atoms with van der Waals surface area (Å²) in [5.74, 6) is 0.222. The molecule has 0 radical (unpaired) electrons. The predicted molar refractivity (Wildman–Crippen MR) is 72.0 cm³/mol. The van der Waals surface area contributed by atoms with Crippen LogP contribution in [-0.2, 0) is 4.79 Å². The number of carboxylic acids is 1. The molecule has 0 bridgehead atoms. The number of rotatable bonds is 4. The van der Waals surface area contributed by atoms with Crippen molar-refractivity contribution in [2.75, 3.05) is 7.11 Å². The summed E-state index contributed by atoms with van der Waals surface area (Å²) in [6.45, 7) is 1.88. The second kappa shape index (κ2) is 5.39.